The van der Waals surface area contributed by atoms with Crippen LogP contribution < -0.4 is 11.2 Å². The summed E-state index contributed by atoms with van der Waals surface area (Å²) in [5.41, 5.74) is 16.0. The molecule has 0 aliphatic carbocycles. The van der Waals surface area contributed by atoms with Gasteiger partial charge in [-0.05, 0) is 61.4 Å². The van der Waals surface area contributed by atoms with Gasteiger partial charge in [-0.1, -0.05) is 30.4 Å². The van der Waals surface area contributed by atoms with Gasteiger partial charge in [0.2, 0.25) is 5.82 Å². The molecule has 0 radical (unpaired) electrons. The number of rotatable bonds is 8. The van der Waals surface area contributed by atoms with Crippen LogP contribution in [0.4, 0.5) is 11.6 Å². The molecule has 0 spiro atoms. The molecule has 4 aromatic heterocycles. The first-order valence-electron chi connectivity index (χ1n) is 14.5. The van der Waals surface area contributed by atoms with Crippen molar-refractivity contribution >= 4 is 28.4 Å². The monoisotopic (exact) mass is 583 g/mol. The van der Waals surface area contributed by atoms with Gasteiger partial charge >= 0.3 is 0 Å². The Hall–Kier alpha value is -5.44. The minimum atomic E-state index is 0.157. The number of nitriles is 1. The van der Waals surface area contributed by atoms with Crippen molar-refractivity contribution in [2.75, 3.05) is 37.3 Å². The predicted molar refractivity (Wildman–Crippen MR) is 172 cm³/mol. The summed E-state index contributed by atoms with van der Waals surface area (Å²) < 4.78 is 2.06. The van der Waals surface area contributed by atoms with Gasteiger partial charge in [-0.3, -0.25) is 9.47 Å². The van der Waals surface area contributed by atoms with E-state index >= 15 is 0 Å². The fourth-order valence-corrected chi connectivity index (χ4v) is 5.32. The van der Waals surface area contributed by atoms with Gasteiger partial charge in [0.25, 0.3) is 0 Å². The third-order valence-electron chi connectivity index (χ3n) is 7.54. The molecule has 1 aromatic carbocycles. The van der Waals surface area contributed by atoms with E-state index in [-0.39, 0.29) is 5.82 Å². The summed E-state index contributed by atoms with van der Waals surface area (Å²) in [5, 5.41) is 11.2. The van der Waals surface area contributed by atoms with Crippen molar-refractivity contribution in [3.8, 4) is 23.1 Å². The van der Waals surface area contributed by atoms with E-state index in [0.717, 1.165) is 66.4 Å². The maximum atomic E-state index is 9.05. The van der Waals surface area contributed by atoms with E-state index in [1.807, 2.05) is 50.3 Å². The van der Waals surface area contributed by atoms with Crippen LogP contribution in [0.2, 0.25) is 0 Å². The largest absolute Gasteiger partial charge is 0.383 e. The molecule has 0 bridgehead atoms. The number of nitrogens with zero attached hydrogens (tertiary/aromatic N) is 9. The lowest BCUT2D eigenvalue weighted by molar-refractivity contribution is 0.146. The summed E-state index contributed by atoms with van der Waals surface area (Å²) in [5.74, 6) is 1.91. The van der Waals surface area contributed by atoms with Gasteiger partial charge < -0.3 is 11.2 Å². The zero-order valence-electron chi connectivity index (χ0n) is 24.7. The normalized spacial score (nSPS) is 14.7. The first-order valence-corrected chi connectivity index (χ1v) is 14.5. The van der Waals surface area contributed by atoms with Crippen molar-refractivity contribution in [3.05, 3.63) is 102 Å². The van der Waals surface area contributed by atoms with Crippen LogP contribution in [-0.2, 0) is 6.54 Å². The number of benzene rings is 1. The summed E-state index contributed by atoms with van der Waals surface area (Å²) >= 11 is 0. The van der Waals surface area contributed by atoms with Crippen molar-refractivity contribution < 1.29 is 0 Å². The van der Waals surface area contributed by atoms with Gasteiger partial charge in [-0.2, -0.15) is 5.26 Å². The molecular formula is C33H33N11. The number of nitrogens with two attached hydrogens (primary N) is 1. The van der Waals surface area contributed by atoms with E-state index in [2.05, 4.69) is 71.3 Å². The van der Waals surface area contributed by atoms with Crippen LogP contribution in [0.25, 0.3) is 33.8 Å². The number of pyridine rings is 2. The third kappa shape index (κ3) is 6.03. The molecule has 1 aliphatic rings. The molecule has 5 aromatic rings. The Kier molecular flexibility index (Phi) is 8.36. The van der Waals surface area contributed by atoms with Gasteiger partial charge in [-0.15, -0.1) is 0 Å². The number of hydrogen-bond donors (Lipinski definition) is 2. The molecule has 1 aliphatic heterocycles. The lowest BCUT2D eigenvalue weighted by Crippen LogP contribution is -2.48. The number of nitrogens with one attached hydrogen (secondary N) is 1. The molecule has 1 saturated heterocycles. The molecule has 1 fully saturated rings. The second kappa shape index (κ2) is 12.8. The molecular weight excluding hydrogens is 550 g/mol. The second-order valence-electron chi connectivity index (χ2n) is 10.4. The van der Waals surface area contributed by atoms with E-state index < -0.39 is 0 Å². The quantitative estimate of drug-likeness (QED) is 0.244. The Bertz CT molecular complexity index is 1870. The number of hydrogen-bond acceptors (Lipinski definition) is 10. The minimum Gasteiger partial charge on any atom is -0.383 e. The summed E-state index contributed by atoms with van der Waals surface area (Å²) in [4.78, 5) is 24.9. The smallest absolute Gasteiger partial charge is 0.234 e. The van der Waals surface area contributed by atoms with Crippen LogP contribution >= 0.6 is 0 Å². The highest BCUT2D eigenvalue weighted by Crippen LogP contribution is 2.31. The number of allylic oxidation sites excluding steroid dienone is 4. The average molecular weight is 584 g/mol. The van der Waals surface area contributed by atoms with Gasteiger partial charge in [0.15, 0.2) is 11.5 Å². The van der Waals surface area contributed by atoms with E-state index in [4.69, 9.17) is 21.0 Å². The SMILES string of the molecule is C/C=C\C(=C/C)c1ccc2nc(-c3cccnc3N)n(-c3ccc(CN4CCN(Nc5ccnc(C#N)n5)CC4)cc3)c2n1. The van der Waals surface area contributed by atoms with Crippen LogP contribution in [0.5, 0.6) is 0 Å². The number of fused-ring (bicyclic) bond motifs is 1. The lowest BCUT2D eigenvalue weighted by Gasteiger charge is -2.34. The summed E-state index contributed by atoms with van der Waals surface area (Å²) in [6, 6.07) is 20.1. The zero-order chi connectivity index (χ0) is 30.5. The molecule has 220 valence electrons. The van der Waals surface area contributed by atoms with Gasteiger partial charge in [0.1, 0.15) is 23.2 Å². The second-order valence-corrected chi connectivity index (χ2v) is 10.4. The van der Waals surface area contributed by atoms with Crippen molar-refractivity contribution in [2.24, 2.45) is 0 Å². The number of aromatic nitrogens is 6. The van der Waals surface area contributed by atoms with Crippen molar-refractivity contribution in [3.63, 3.8) is 0 Å². The zero-order valence-corrected chi connectivity index (χ0v) is 24.7. The van der Waals surface area contributed by atoms with Crippen LogP contribution in [0.15, 0.2) is 85.2 Å². The van der Waals surface area contributed by atoms with Crippen molar-refractivity contribution in [1.29, 1.82) is 5.26 Å². The first-order chi connectivity index (χ1) is 21.6. The summed E-state index contributed by atoms with van der Waals surface area (Å²) in [6.07, 6.45) is 9.40. The molecule has 0 atom stereocenters. The molecule has 44 heavy (non-hydrogen) atoms. The highest BCUT2D eigenvalue weighted by Gasteiger charge is 2.20. The molecule has 0 amide bonds. The van der Waals surface area contributed by atoms with Gasteiger partial charge in [0, 0.05) is 56.9 Å². The first kappa shape index (κ1) is 28.7. The molecule has 11 nitrogen and oxygen atoms in total. The van der Waals surface area contributed by atoms with Crippen LogP contribution in [0.3, 0.4) is 0 Å². The molecule has 0 unspecified atom stereocenters. The lowest BCUT2D eigenvalue weighted by atomic mass is 10.1. The van der Waals surface area contributed by atoms with Crippen LogP contribution in [0.1, 0.15) is 30.9 Å². The van der Waals surface area contributed by atoms with E-state index in [1.165, 1.54) is 5.56 Å². The van der Waals surface area contributed by atoms with Crippen molar-refractivity contribution in [1.82, 2.24) is 39.4 Å². The standard InChI is InChI=1S/C33H33N11/c1-3-6-24(4-2)27-12-13-28-33(38-27)44(32(39-28)26-7-5-15-37-31(26)35)25-10-8-23(9-11-25)22-42-17-19-43(20-18-42)41-29-14-16-36-30(21-34)40-29/h3-16H,17-20,22H2,1-2H3,(H2,35,37)(H,36,40,41)/b6-3-,24-4+. The number of piperazine rings is 1. The van der Waals surface area contributed by atoms with Gasteiger partial charge in [-0.25, -0.2) is 29.9 Å². The van der Waals surface area contributed by atoms with E-state index in [9.17, 15) is 0 Å². The van der Waals surface area contributed by atoms with E-state index in [1.54, 1.807) is 18.5 Å². The molecule has 6 rings (SSSR count). The fraction of sp³-hybridized carbons (Fsp3) is 0.212. The molecule has 0 saturated carbocycles. The maximum absolute atomic E-state index is 9.05. The number of nitrogen functional groups attached to an aromatic ring is 1. The number of hydrazine groups is 1. The highest BCUT2D eigenvalue weighted by atomic mass is 15.5. The third-order valence-corrected chi connectivity index (χ3v) is 7.54. The van der Waals surface area contributed by atoms with E-state index in [0.29, 0.717) is 17.5 Å². The topological polar surface area (TPSA) is 138 Å². The average Bonchev–Trinajstić information content (AvgIpc) is 3.44. The Morgan fingerprint density at radius 1 is 0.955 bits per heavy atom. The Morgan fingerprint density at radius 2 is 1.77 bits per heavy atom. The molecule has 5 heterocycles. The summed E-state index contributed by atoms with van der Waals surface area (Å²) in [7, 11) is 0. The Labute approximate surface area is 256 Å². The molecule has 11 heteroatoms. The number of anilines is 2. The minimum absolute atomic E-state index is 0.157. The molecule has 3 N–H and O–H groups in total. The van der Waals surface area contributed by atoms with Gasteiger partial charge in [0.05, 0.1) is 11.3 Å². The maximum Gasteiger partial charge on any atom is 0.234 e. The van der Waals surface area contributed by atoms with Crippen LogP contribution in [-0.4, -0.2) is 65.6 Å². The Balaban J connectivity index is 1.24. The Morgan fingerprint density at radius 3 is 2.50 bits per heavy atom. The van der Waals surface area contributed by atoms with Crippen LogP contribution in [0, 0.1) is 11.3 Å². The summed E-state index contributed by atoms with van der Waals surface area (Å²) in [6.45, 7) is 8.30. The van der Waals surface area contributed by atoms with Crippen molar-refractivity contribution in [2.45, 2.75) is 20.4 Å². The predicted octanol–water partition coefficient (Wildman–Crippen LogP) is 4.85. The number of imidazole rings is 1. The fourth-order valence-electron chi connectivity index (χ4n) is 5.32. The highest BCUT2D eigenvalue weighted by molar-refractivity contribution is 5.85.